The van der Waals surface area contributed by atoms with Gasteiger partial charge in [0.25, 0.3) is 0 Å². The van der Waals surface area contributed by atoms with E-state index in [1.165, 1.54) is 11.1 Å². The standard InChI is InChI=1S/C10H8Cl2N4/c11-5-7-1-3-13-9(15-7)10-14-4-2-8(6-12)16-10/h1-6H,(H,13,15)(H,14,16). The molecule has 0 unspecified atom stereocenters. The normalized spacial score (nSPS) is 23.9. The number of rotatable bonds is 1. The molecule has 6 heteroatoms. The van der Waals surface area contributed by atoms with E-state index < -0.39 is 0 Å². The Labute approximate surface area is 103 Å². The molecule has 2 heterocycles. The van der Waals surface area contributed by atoms with Crippen LogP contribution in [0.3, 0.4) is 0 Å². The van der Waals surface area contributed by atoms with E-state index in [0.717, 1.165) is 11.4 Å². The second kappa shape index (κ2) is 5.01. The van der Waals surface area contributed by atoms with Gasteiger partial charge in [-0.15, -0.1) is 0 Å². The van der Waals surface area contributed by atoms with Gasteiger partial charge in [0.15, 0.2) is 11.7 Å². The molecule has 2 N–H and O–H groups in total. The first-order valence-electron chi connectivity index (χ1n) is 4.47. The number of halogens is 2. The van der Waals surface area contributed by atoms with Crippen molar-refractivity contribution in [1.29, 1.82) is 0 Å². The lowest BCUT2D eigenvalue weighted by Crippen LogP contribution is -2.40. The summed E-state index contributed by atoms with van der Waals surface area (Å²) in [5.41, 5.74) is 4.37. The summed E-state index contributed by atoms with van der Waals surface area (Å²) in [7, 11) is 0. The van der Waals surface area contributed by atoms with E-state index in [2.05, 4.69) is 20.6 Å². The van der Waals surface area contributed by atoms with Gasteiger partial charge in [-0.25, -0.2) is 9.98 Å². The number of allylic oxidation sites excluding steroid dienone is 2. The van der Waals surface area contributed by atoms with Gasteiger partial charge in [-0.05, 0) is 12.2 Å². The first-order valence-corrected chi connectivity index (χ1v) is 5.34. The van der Waals surface area contributed by atoms with E-state index in [0.29, 0.717) is 11.7 Å². The zero-order valence-corrected chi connectivity index (χ0v) is 9.63. The van der Waals surface area contributed by atoms with Crippen molar-refractivity contribution in [3.8, 4) is 0 Å². The van der Waals surface area contributed by atoms with Gasteiger partial charge in [0.2, 0.25) is 0 Å². The van der Waals surface area contributed by atoms with Crippen molar-refractivity contribution >= 4 is 34.9 Å². The maximum absolute atomic E-state index is 5.60. The van der Waals surface area contributed by atoms with Crippen LogP contribution < -0.4 is 10.6 Å². The lowest BCUT2D eigenvalue weighted by molar-refractivity contribution is 1.10. The van der Waals surface area contributed by atoms with Crippen LogP contribution in [0, 0.1) is 0 Å². The predicted molar refractivity (Wildman–Crippen MR) is 67.3 cm³/mol. The van der Waals surface area contributed by atoms with E-state index in [1.807, 2.05) is 0 Å². The van der Waals surface area contributed by atoms with Crippen LogP contribution in [0.15, 0.2) is 57.0 Å². The van der Waals surface area contributed by atoms with Crippen LogP contribution in [0.5, 0.6) is 0 Å². The first kappa shape index (κ1) is 11.0. The molecule has 0 spiro atoms. The highest BCUT2D eigenvalue weighted by molar-refractivity contribution is 6.42. The summed E-state index contributed by atoms with van der Waals surface area (Å²) in [5.74, 6) is 1.18. The van der Waals surface area contributed by atoms with Gasteiger partial charge in [-0.1, -0.05) is 23.2 Å². The first-order chi connectivity index (χ1) is 7.83. The van der Waals surface area contributed by atoms with Crippen LogP contribution >= 0.6 is 23.2 Å². The molecule has 0 aromatic carbocycles. The molecular formula is C10H8Cl2N4. The molecule has 2 rings (SSSR count). The SMILES string of the molecule is ClC=C1C=CN=C(C2=NC=CC(=CCl)N2)N1. The molecule has 4 nitrogen and oxygen atoms in total. The number of nitrogens with zero attached hydrogens (tertiary/aromatic N) is 2. The average Bonchev–Trinajstić information content (AvgIpc) is 2.39. The molecular weight excluding hydrogens is 247 g/mol. The summed E-state index contributed by atoms with van der Waals surface area (Å²) >= 11 is 11.2. The molecule has 0 saturated carbocycles. The predicted octanol–water partition coefficient (Wildman–Crippen LogP) is 2.18. The van der Waals surface area contributed by atoms with Crippen molar-refractivity contribution in [2.24, 2.45) is 9.98 Å². The molecule has 0 atom stereocenters. The Morgan fingerprint density at radius 1 is 0.875 bits per heavy atom. The molecule has 2 aliphatic rings. The summed E-state index contributed by atoms with van der Waals surface area (Å²) in [4.78, 5) is 8.30. The topological polar surface area (TPSA) is 48.8 Å². The minimum Gasteiger partial charge on any atom is -0.336 e. The second-order valence-electron chi connectivity index (χ2n) is 2.97. The van der Waals surface area contributed by atoms with E-state index in [-0.39, 0.29) is 0 Å². The van der Waals surface area contributed by atoms with Crippen molar-refractivity contribution in [2.45, 2.75) is 0 Å². The molecule has 16 heavy (non-hydrogen) atoms. The third kappa shape index (κ3) is 2.35. The molecule has 0 saturated heterocycles. The Morgan fingerprint density at radius 3 is 1.69 bits per heavy atom. The Balaban J connectivity index is 2.21. The number of aliphatic imine (C=N–C) groups is 2. The number of hydrogen-bond donors (Lipinski definition) is 2. The number of amidine groups is 2. The van der Waals surface area contributed by atoms with E-state index >= 15 is 0 Å². The van der Waals surface area contributed by atoms with Crippen molar-refractivity contribution in [3.05, 3.63) is 47.0 Å². The Kier molecular flexibility index (Phi) is 3.44. The summed E-state index contributed by atoms with van der Waals surface area (Å²) in [6.07, 6.45) is 6.81. The summed E-state index contributed by atoms with van der Waals surface area (Å²) in [6, 6.07) is 0. The van der Waals surface area contributed by atoms with Gasteiger partial charge in [0, 0.05) is 23.5 Å². The minimum atomic E-state index is 0.592. The number of nitrogens with one attached hydrogen (secondary N) is 2. The summed E-state index contributed by atoms with van der Waals surface area (Å²) < 4.78 is 0. The van der Waals surface area contributed by atoms with E-state index in [1.54, 1.807) is 24.6 Å². The zero-order valence-electron chi connectivity index (χ0n) is 8.11. The smallest absolute Gasteiger partial charge is 0.173 e. The van der Waals surface area contributed by atoms with Gasteiger partial charge in [0.05, 0.1) is 11.4 Å². The monoisotopic (exact) mass is 254 g/mol. The molecule has 0 aliphatic carbocycles. The van der Waals surface area contributed by atoms with Crippen LogP contribution in [0.4, 0.5) is 0 Å². The van der Waals surface area contributed by atoms with Crippen molar-refractivity contribution in [3.63, 3.8) is 0 Å². The molecule has 2 aliphatic heterocycles. The molecule has 0 bridgehead atoms. The van der Waals surface area contributed by atoms with Gasteiger partial charge in [0.1, 0.15) is 0 Å². The lowest BCUT2D eigenvalue weighted by atomic mass is 10.3. The minimum absolute atomic E-state index is 0.592. The summed E-state index contributed by atoms with van der Waals surface area (Å²) in [5, 5.41) is 6.02. The molecule has 82 valence electrons. The van der Waals surface area contributed by atoms with Gasteiger partial charge < -0.3 is 10.6 Å². The molecule has 0 amide bonds. The highest BCUT2D eigenvalue weighted by atomic mass is 35.5. The lowest BCUT2D eigenvalue weighted by Gasteiger charge is -2.17. The second-order valence-corrected chi connectivity index (χ2v) is 3.40. The quantitative estimate of drug-likeness (QED) is 0.754. The third-order valence-corrected chi connectivity index (χ3v) is 2.37. The van der Waals surface area contributed by atoms with Crippen molar-refractivity contribution in [1.82, 2.24) is 10.6 Å². The van der Waals surface area contributed by atoms with Gasteiger partial charge >= 0.3 is 0 Å². The van der Waals surface area contributed by atoms with Gasteiger partial charge in [-0.2, -0.15) is 0 Å². The Hall–Kier alpha value is -1.52. The third-order valence-electron chi connectivity index (χ3n) is 1.90. The highest BCUT2D eigenvalue weighted by Gasteiger charge is 2.14. The molecule has 0 aromatic heterocycles. The maximum atomic E-state index is 5.60. The fourth-order valence-corrected chi connectivity index (χ4v) is 1.43. The number of hydrogen-bond acceptors (Lipinski definition) is 4. The van der Waals surface area contributed by atoms with Gasteiger partial charge in [-0.3, -0.25) is 0 Å². The molecule has 0 fully saturated rings. The van der Waals surface area contributed by atoms with E-state index in [4.69, 9.17) is 23.2 Å². The van der Waals surface area contributed by atoms with Crippen molar-refractivity contribution < 1.29 is 0 Å². The highest BCUT2D eigenvalue weighted by Crippen LogP contribution is 2.06. The van der Waals surface area contributed by atoms with Crippen LogP contribution in [0.2, 0.25) is 0 Å². The molecule has 0 aromatic rings. The molecule has 0 radical (unpaired) electrons. The van der Waals surface area contributed by atoms with Crippen LogP contribution in [0.1, 0.15) is 0 Å². The van der Waals surface area contributed by atoms with Crippen molar-refractivity contribution in [2.75, 3.05) is 0 Å². The Morgan fingerprint density at radius 2 is 1.31 bits per heavy atom. The zero-order chi connectivity index (χ0) is 11.4. The van der Waals surface area contributed by atoms with Crippen LogP contribution in [-0.2, 0) is 0 Å². The van der Waals surface area contributed by atoms with Crippen LogP contribution in [-0.4, -0.2) is 11.7 Å². The maximum Gasteiger partial charge on any atom is 0.173 e. The van der Waals surface area contributed by atoms with Crippen LogP contribution in [0.25, 0.3) is 0 Å². The Bertz CT molecular complexity index is 425. The van der Waals surface area contributed by atoms with E-state index in [9.17, 15) is 0 Å². The largest absolute Gasteiger partial charge is 0.336 e. The summed E-state index contributed by atoms with van der Waals surface area (Å²) in [6.45, 7) is 0. The fraction of sp³-hybridized carbons (Fsp3) is 0. The fourth-order valence-electron chi connectivity index (χ4n) is 1.17. The average molecular weight is 255 g/mol.